The molecule has 9 heteroatoms. The molecule has 0 amide bonds. The molecule has 0 atom stereocenters. The van der Waals surface area contributed by atoms with Gasteiger partial charge in [-0.25, -0.2) is 17.8 Å². The van der Waals surface area contributed by atoms with Crippen LogP contribution in [0, 0.1) is 5.82 Å². The summed E-state index contributed by atoms with van der Waals surface area (Å²) in [4.78, 5) is 3.64. The molecule has 0 saturated carbocycles. The summed E-state index contributed by atoms with van der Waals surface area (Å²) in [6.45, 7) is 0. The first-order chi connectivity index (χ1) is 10.4. The molecule has 0 aliphatic carbocycles. The molecular formula is C13H12BrFN2O4S. The quantitative estimate of drug-likeness (QED) is 0.848. The first-order valence-electron chi connectivity index (χ1n) is 5.94. The predicted octanol–water partition coefficient (Wildman–Crippen LogP) is 2.80. The number of methoxy groups -OCH3 is 2. The van der Waals surface area contributed by atoms with E-state index in [4.69, 9.17) is 9.47 Å². The van der Waals surface area contributed by atoms with Crippen molar-refractivity contribution in [2.45, 2.75) is 4.90 Å². The highest BCUT2D eigenvalue weighted by Gasteiger charge is 2.23. The second-order valence-corrected chi connectivity index (χ2v) is 6.65. The van der Waals surface area contributed by atoms with E-state index in [-0.39, 0.29) is 22.2 Å². The Hall–Kier alpha value is -1.87. The highest BCUT2D eigenvalue weighted by Crippen LogP contribution is 2.29. The van der Waals surface area contributed by atoms with Crippen molar-refractivity contribution in [2.75, 3.05) is 18.9 Å². The summed E-state index contributed by atoms with van der Waals surface area (Å²) in [5.41, 5.74) is -0.235. The highest BCUT2D eigenvalue weighted by molar-refractivity contribution is 9.10. The monoisotopic (exact) mass is 390 g/mol. The van der Waals surface area contributed by atoms with Gasteiger partial charge in [0.15, 0.2) is 16.5 Å². The van der Waals surface area contributed by atoms with Crippen LogP contribution in [0.5, 0.6) is 11.6 Å². The van der Waals surface area contributed by atoms with Gasteiger partial charge in [-0.3, -0.25) is 4.72 Å². The minimum atomic E-state index is -4.09. The van der Waals surface area contributed by atoms with Crippen molar-refractivity contribution in [3.05, 3.63) is 40.8 Å². The Morgan fingerprint density at radius 2 is 2.00 bits per heavy atom. The van der Waals surface area contributed by atoms with Crippen LogP contribution in [0.1, 0.15) is 0 Å². The zero-order valence-electron chi connectivity index (χ0n) is 11.6. The van der Waals surface area contributed by atoms with E-state index in [1.54, 1.807) is 0 Å². The molecule has 1 heterocycles. The molecule has 0 unspecified atom stereocenters. The van der Waals surface area contributed by atoms with Crippen molar-refractivity contribution in [3.63, 3.8) is 0 Å². The Morgan fingerprint density at radius 1 is 1.27 bits per heavy atom. The fraction of sp³-hybridized carbons (Fsp3) is 0.154. The number of ether oxygens (including phenoxy) is 2. The van der Waals surface area contributed by atoms with Gasteiger partial charge in [0, 0.05) is 10.7 Å². The summed E-state index contributed by atoms with van der Waals surface area (Å²) in [5, 5.41) is 0. The number of anilines is 1. The lowest BCUT2D eigenvalue weighted by Crippen LogP contribution is -2.15. The zero-order chi connectivity index (χ0) is 16.3. The summed E-state index contributed by atoms with van der Waals surface area (Å²) in [6, 6.07) is 5.45. The molecule has 0 bridgehead atoms. The van der Waals surface area contributed by atoms with Gasteiger partial charge in [0.2, 0.25) is 5.88 Å². The molecule has 1 N–H and O–H groups in total. The second kappa shape index (κ2) is 6.49. The van der Waals surface area contributed by atoms with Crippen molar-refractivity contribution in [2.24, 2.45) is 0 Å². The summed E-state index contributed by atoms with van der Waals surface area (Å²) < 4.78 is 51.3. The van der Waals surface area contributed by atoms with Gasteiger partial charge >= 0.3 is 0 Å². The number of halogens is 2. The largest absolute Gasteiger partial charge is 0.494 e. The maximum Gasteiger partial charge on any atom is 0.267 e. The van der Waals surface area contributed by atoms with Crippen LogP contribution in [0.25, 0.3) is 0 Å². The van der Waals surface area contributed by atoms with Gasteiger partial charge in [-0.1, -0.05) is 6.07 Å². The lowest BCUT2D eigenvalue weighted by Gasteiger charge is -2.12. The molecule has 2 rings (SSSR count). The van der Waals surface area contributed by atoms with Crippen molar-refractivity contribution >= 4 is 31.6 Å². The van der Waals surface area contributed by atoms with E-state index >= 15 is 0 Å². The van der Waals surface area contributed by atoms with E-state index in [2.05, 4.69) is 25.6 Å². The molecule has 0 radical (unpaired) electrons. The average molecular weight is 391 g/mol. The molecule has 0 aliphatic rings. The molecule has 0 fully saturated rings. The van der Waals surface area contributed by atoms with Crippen molar-refractivity contribution < 1.29 is 22.3 Å². The molecule has 6 nitrogen and oxygen atoms in total. The predicted molar refractivity (Wildman–Crippen MR) is 82.2 cm³/mol. The van der Waals surface area contributed by atoms with E-state index in [1.165, 1.54) is 44.7 Å². The first kappa shape index (κ1) is 16.5. The minimum Gasteiger partial charge on any atom is -0.494 e. The topological polar surface area (TPSA) is 77.5 Å². The van der Waals surface area contributed by atoms with Crippen LogP contribution in [-0.2, 0) is 10.0 Å². The molecule has 0 aliphatic heterocycles. The van der Waals surface area contributed by atoms with Gasteiger partial charge in [-0.15, -0.1) is 0 Å². The fourth-order valence-corrected chi connectivity index (χ4v) is 3.39. The average Bonchev–Trinajstić information content (AvgIpc) is 2.49. The number of pyridine rings is 1. The molecule has 0 saturated heterocycles. The lowest BCUT2D eigenvalue weighted by atomic mass is 10.3. The van der Waals surface area contributed by atoms with Crippen LogP contribution in [0.15, 0.2) is 39.8 Å². The van der Waals surface area contributed by atoms with Crippen LogP contribution in [-0.4, -0.2) is 27.6 Å². The summed E-state index contributed by atoms with van der Waals surface area (Å²) in [5.74, 6) is -0.978. The Bertz CT molecular complexity index is 799. The number of nitrogens with zero attached hydrogens (tertiary/aromatic N) is 1. The highest BCUT2D eigenvalue weighted by atomic mass is 79.9. The van der Waals surface area contributed by atoms with Crippen LogP contribution in [0.4, 0.5) is 10.1 Å². The van der Waals surface area contributed by atoms with Gasteiger partial charge in [0.25, 0.3) is 10.0 Å². The van der Waals surface area contributed by atoms with Crippen molar-refractivity contribution in [1.29, 1.82) is 0 Å². The second-order valence-electron chi connectivity index (χ2n) is 4.09. The minimum absolute atomic E-state index is 0.0699. The number of benzene rings is 1. The van der Waals surface area contributed by atoms with Crippen LogP contribution in [0.2, 0.25) is 0 Å². The van der Waals surface area contributed by atoms with Gasteiger partial charge in [0.05, 0.1) is 19.9 Å². The summed E-state index contributed by atoms with van der Waals surface area (Å²) in [6.07, 6.45) is 1.39. The molecule has 1 aromatic heterocycles. The third kappa shape index (κ3) is 3.30. The molecule has 22 heavy (non-hydrogen) atoms. The summed E-state index contributed by atoms with van der Waals surface area (Å²) >= 11 is 3.14. The lowest BCUT2D eigenvalue weighted by molar-refractivity contribution is 0.385. The molecule has 2 aromatic rings. The van der Waals surface area contributed by atoms with Crippen LogP contribution >= 0.6 is 15.9 Å². The number of hydrogen-bond acceptors (Lipinski definition) is 5. The first-order valence-corrected chi connectivity index (χ1v) is 8.21. The van der Waals surface area contributed by atoms with Crippen molar-refractivity contribution in [3.8, 4) is 11.6 Å². The number of nitrogens with one attached hydrogen (secondary N) is 1. The number of sulfonamides is 1. The zero-order valence-corrected chi connectivity index (χ0v) is 14.0. The van der Waals surface area contributed by atoms with E-state index in [0.717, 1.165) is 0 Å². The van der Waals surface area contributed by atoms with E-state index in [0.29, 0.717) is 4.47 Å². The number of hydrogen-bond donors (Lipinski definition) is 1. The fourth-order valence-electron chi connectivity index (χ4n) is 1.70. The van der Waals surface area contributed by atoms with E-state index in [1.807, 2.05) is 0 Å². The maximum atomic E-state index is 14.1. The SMILES string of the molecule is COc1cccc(NS(=O)(=O)c2cc(Br)cnc2OC)c1F. The van der Waals surface area contributed by atoms with E-state index in [9.17, 15) is 12.8 Å². The van der Waals surface area contributed by atoms with E-state index < -0.39 is 15.8 Å². The van der Waals surface area contributed by atoms with Crippen molar-refractivity contribution in [1.82, 2.24) is 4.98 Å². The standard InChI is InChI=1S/C13H12BrFN2O4S/c1-20-10-5-3-4-9(12(10)15)17-22(18,19)11-6-8(14)7-16-13(11)21-2/h3-7,17H,1-2H3. The molecule has 1 aromatic carbocycles. The van der Waals surface area contributed by atoms with Gasteiger partial charge < -0.3 is 9.47 Å². The molecule has 0 spiro atoms. The van der Waals surface area contributed by atoms with Gasteiger partial charge in [-0.05, 0) is 34.1 Å². The third-order valence-electron chi connectivity index (χ3n) is 2.70. The van der Waals surface area contributed by atoms with Gasteiger partial charge in [-0.2, -0.15) is 0 Å². The normalized spacial score (nSPS) is 11.1. The smallest absolute Gasteiger partial charge is 0.267 e. The van der Waals surface area contributed by atoms with Gasteiger partial charge in [0.1, 0.15) is 0 Å². The maximum absolute atomic E-state index is 14.1. The Kier molecular flexibility index (Phi) is 4.87. The Labute approximate surface area is 135 Å². The number of rotatable bonds is 5. The van der Waals surface area contributed by atoms with Crippen LogP contribution in [0.3, 0.4) is 0 Å². The molecular weight excluding hydrogens is 379 g/mol. The molecule has 118 valence electrons. The third-order valence-corrected chi connectivity index (χ3v) is 4.49. The summed E-state index contributed by atoms with van der Waals surface area (Å²) in [7, 11) is -1.51. The Balaban J connectivity index is 2.47. The number of aromatic nitrogens is 1. The Morgan fingerprint density at radius 3 is 2.64 bits per heavy atom. The van der Waals surface area contributed by atoms with Crippen LogP contribution < -0.4 is 14.2 Å².